The molecular formula is C14H24BrNO2. The Labute approximate surface area is 118 Å². The Balaban J connectivity index is 1.72. The lowest BCUT2D eigenvalue weighted by molar-refractivity contribution is -0.138. The van der Waals surface area contributed by atoms with E-state index in [2.05, 4.69) is 20.8 Å². The molecule has 2 aliphatic carbocycles. The number of rotatable bonds is 7. The number of hydrogen-bond acceptors (Lipinski definition) is 2. The summed E-state index contributed by atoms with van der Waals surface area (Å²) in [4.78, 5) is 14.4. The van der Waals surface area contributed by atoms with E-state index in [0.29, 0.717) is 24.0 Å². The van der Waals surface area contributed by atoms with Crippen LogP contribution in [0.25, 0.3) is 0 Å². The van der Waals surface area contributed by atoms with Gasteiger partial charge < -0.3 is 9.64 Å². The number of carbonyl (C=O) groups excluding carboxylic acids is 1. The van der Waals surface area contributed by atoms with Crippen molar-refractivity contribution >= 4 is 21.8 Å². The second-order valence-corrected chi connectivity index (χ2v) is 6.27. The quantitative estimate of drug-likeness (QED) is 0.676. The predicted octanol–water partition coefficient (Wildman–Crippen LogP) is 2.97. The highest BCUT2D eigenvalue weighted by atomic mass is 79.9. The van der Waals surface area contributed by atoms with Crippen molar-refractivity contribution in [1.82, 2.24) is 4.90 Å². The SMILES string of the molecule is CCOC1CC(CC(=O)N(CCBr)C2CCC2)C1. The first kappa shape index (κ1) is 14.3. The second-order valence-electron chi connectivity index (χ2n) is 5.48. The Morgan fingerprint density at radius 2 is 2.11 bits per heavy atom. The van der Waals surface area contributed by atoms with E-state index in [1.807, 2.05) is 6.92 Å². The van der Waals surface area contributed by atoms with E-state index in [0.717, 1.165) is 37.7 Å². The average Bonchev–Trinajstić information content (AvgIpc) is 2.23. The molecule has 0 spiro atoms. The molecule has 0 saturated heterocycles. The van der Waals surface area contributed by atoms with Crippen molar-refractivity contribution in [2.45, 2.75) is 57.6 Å². The van der Waals surface area contributed by atoms with Crippen LogP contribution in [0.4, 0.5) is 0 Å². The standard InChI is InChI=1S/C14H24BrNO2/c1-2-18-13-8-11(9-13)10-14(17)16(7-6-15)12-4-3-5-12/h11-13H,2-10H2,1H3. The van der Waals surface area contributed by atoms with Gasteiger partial charge in [0.05, 0.1) is 6.10 Å². The Morgan fingerprint density at radius 3 is 2.61 bits per heavy atom. The van der Waals surface area contributed by atoms with Crippen molar-refractivity contribution in [3.05, 3.63) is 0 Å². The van der Waals surface area contributed by atoms with Gasteiger partial charge in [0.1, 0.15) is 0 Å². The summed E-state index contributed by atoms with van der Waals surface area (Å²) in [6.07, 6.45) is 6.98. The van der Waals surface area contributed by atoms with E-state index in [1.165, 1.54) is 19.3 Å². The fourth-order valence-corrected chi connectivity index (χ4v) is 3.26. The van der Waals surface area contributed by atoms with Gasteiger partial charge in [-0.3, -0.25) is 4.79 Å². The number of alkyl halides is 1. The number of nitrogens with zero attached hydrogens (tertiary/aromatic N) is 1. The van der Waals surface area contributed by atoms with Gasteiger partial charge in [0.2, 0.25) is 5.91 Å². The van der Waals surface area contributed by atoms with Crippen molar-refractivity contribution < 1.29 is 9.53 Å². The molecule has 0 aromatic rings. The van der Waals surface area contributed by atoms with Gasteiger partial charge in [-0.05, 0) is 44.9 Å². The molecule has 0 unspecified atom stereocenters. The van der Waals surface area contributed by atoms with Crippen molar-refractivity contribution in [3.63, 3.8) is 0 Å². The largest absolute Gasteiger partial charge is 0.378 e. The maximum Gasteiger partial charge on any atom is 0.223 e. The van der Waals surface area contributed by atoms with Gasteiger partial charge in [-0.2, -0.15) is 0 Å². The number of carbonyl (C=O) groups is 1. The first-order valence-corrected chi connectivity index (χ1v) is 8.33. The van der Waals surface area contributed by atoms with Crippen LogP contribution in [0.2, 0.25) is 0 Å². The maximum atomic E-state index is 12.3. The summed E-state index contributed by atoms with van der Waals surface area (Å²) in [7, 11) is 0. The van der Waals surface area contributed by atoms with Crippen LogP contribution in [-0.4, -0.2) is 41.4 Å². The van der Waals surface area contributed by atoms with E-state index in [4.69, 9.17) is 4.74 Å². The third kappa shape index (κ3) is 3.47. The Bertz CT molecular complexity index is 275. The fraction of sp³-hybridized carbons (Fsp3) is 0.929. The number of halogens is 1. The molecule has 18 heavy (non-hydrogen) atoms. The average molecular weight is 318 g/mol. The Kier molecular flexibility index (Phi) is 5.49. The van der Waals surface area contributed by atoms with Crippen LogP contribution in [0.3, 0.4) is 0 Å². The molecule has 0 aliphatic heterocycles. The highest BCUT2D eigenvalue weighted by Crippen LogP contribution is 2.34. The van der Waals surface area contributed by atoms with Crippen LogP contribution in [-0.2, 0) is 9.53 Å². The molecule has 3 nitrogen and oxygen atoms in total. The third-order valence-electron chi connectivity index (χ3n) is 4.22. The molecule has 104 valence electrons. The van der Waals surface area contributed by atoms with E-state index >= 15 is 0 Å². The molecule has 0 bridgehead atoms. The van der Waals surface area contributed by atoms with Crippen molar-refractivity contribution in [3.8, 4) is 0 Å². The van der Waals surface area contributed by atoms with Gasteiger partial charge >= 0.3 is 0 Å². The van der Waals surface area contributed by atoms with Crippen LogP contribution in [0.5, 0.6) is 0 Å². The zero-order valence-electron chi connectivity index (χ0n) is 11.2. The summed E-state index contributed by atoms with van der Waals surface area (Å²) in [6, 6.07) is 0.526. The smallest absolute Gasteiger partial charge is 0.223 e. The summed E-state index contributed by atoms with van der Waals surface area (Å²) < 4.78 is 5.54. The van der Waals surface area contributed by atoms with Crippen LogP contribution < -0.4 is 0 Å². The van der Waals surface area contributed by atoms with Crippen LogP contribution in [0, 0.1) is 5.92 Å². The number of ether oxygens (including phenoxy) is 1. The van der Waals surface area contributed by atoms with Crippen molar-refractivity contribution in [1.29, 1.82) is 0 Å². The van der Waals surface area contributed by atoms with Gasteiger partial charge in [0, 0.05) is 30.9 Å². The minimum atomic E-state index is 0.360. The molecule has 4 heteroatoms. The molecule has 2 aliphatic rings. The molecule has 0 N–H and O–H groups in total. The summed E-state index contributed by atoms with van der Waals surface area (Å²) in [5.74, 6) is 0.922. The molecule has 0 radical (unpaired) electrons. The molecule has 0 heterocycles. The summed E-state index contributed by atoms with van der Waals surface area (Å²) in [6.45, 7) is 3.70. The van der Waals surface area contributed by atoms with Crippen LogP contribution in [0.1, 0.15) is 45.4 Å². The lowest BCUT2D eigenvalue weighted by Gasteiger charge is -2.40. The maximum absolute atomic E-state index is 12.3. The lowest BCUT2D eigenvalue weighted by atomic mass is 9.79. The van der Waals surface area contributed by atoms with Gasteiger partial charge in [0.25, 0.3) is 0 Å². The van der Waals surface area contributed by atoms with Gasteiger partial charge in [-0.15, -0.1) is 0 Å². The molecule has 2 saturated carbocycles. The van der Waals surface area contributed by atoms with Gasteiger partial charge in [-0.25, -0.2) is 0 Å². The molecule has 2 fully saturated rings. The summed E-state index contributed by atoms with van der Waals surface area (Å²) in [5, 5.41) is 0.890. The first-order chi connectivity index (χ1) is 8.74. The third-order valence-corrected chi connectivity index (χ3v) is 4.57. The minimum absolute atomic E-state index is 0.360. The zero-order chi connectivity index (χ0) is 13.0. The van der Waals surface area contributed by atoms with Crippen molar-refractivity contribution in [2.75, 3.05) is 18.5 Å². The molecule has 1 amide bonds. The van der Waals surface area contributed by atoms with E-state index in [9.17, 15) is 4.79 Å². The van der Waals surface area contributed by atoms with Crippen LogP contribution >= 0.6 is 15.9 Å². The number of amides is 1. The monoisotopic (exact) mass is 317 g/mol. The molecule has 0 aromatic heterocycles. The topological polar surface area (TPSA) is 29.5 Å². The predicted molar refractivity (Wildman–Crippen MR) is 75.9 cm³/mol. The van der Waals surface area contributed by atoms with Crippen molar-refractivity contribution in [2.24, 2.45) is 5.92 Å². The highest BCUT2D eigenvalue weighted by Gasteiger charge is 2.34. The molecule has 2 rings (SSSR count). The van der Waals surface area contributed by atoms with Crippen LogP contribution in [0.15, 0.2) is 0 Å². The lowest BCUT2D eigenvalue weighted by Crippen LogP contribution is -2.46. The highest BCUT2D eigenvalue weighted by molar-refractivity contribution is 9.09. The van der Waals surface area contributed by atoms with E-state index in [1.54, 1.807) is 0 Å². The molecular weight excluding hydrogens is 294 g/mol. The normalized spacial score (nSPS) is 27.4. The van der Waals surface area contributed by atoms with Gasteiger partial charge in [0.15, 0.2) is 0 Å². The zero-order valence-corrected chi connectivity index (χ0v) is 12.8. The van der Waals surface area contributed by atoms with E-state index in [-0.39, 0.29) is 0 Å². The fourth-order valence-electron chi connectivity index (χ4n) is 2.88. The first-order valence-electron chi connectivity index (χ1n) is 7.21. The molecule has 0 aromatic carbocycles. The Morgan fingerprint density at radius 1 is 1.39 bits per heavy atom. The minimum Gasteiger partial charge on any atom is -0.378 e. The Hall–Kier alpha value is -0.0900. The van der Waals surface area contributed by atoms with E-state index < -0.39 is 0 Å². The second kappa shape index (κ2) is 6.90. The summed E-state index contributed by atoms with van der Waals surface area (Å²) >= 11 is 3.45. The van der Waals surface area contributed by atoms with Gasteiger partial charge in [-0.1, -0.05) is 15.9 Å². The molecule has 0 atom stereocenters. The summed E-state index contributed by atoms with van der Waals surface area (Å²) in [5.41, 5.74) is 0. The number of hydrogen-bond donors (Lipinski definition) is 0.